The number of hydrogen-bond acceptors (Lipinski definition) is 2. The van der Waals surface area contributed by atoms with Crippen LogP contribution in [-0.4, -0.2) is 11.5 Å². The Balaban J connectivity index is -0.000000461. The summed E-state index contributed by atoms with van der Waals surface area (Å²) in [6.45, 7) is 8.99. The summed E-state index contributed by atoms with van der Waals surface area (Å²) < 4.78 is 0. The van der Waals surface area contributed by atoms with Crippen LogP contribution in [0, 0.1) is 0 Å². The molecular weight excluding hydrogens is 412 g/mol. The van der Waals surface area contributed by atoms with Gasteiger partial charge in [0.1, 0.15) is 0 Å². The van der Waals surface area contributed by atoms with E-state index in [-0.39, 0.29) is 0 Å². The molecule has 0 heterocycles. The van der Waals surface area contributed by atoms with Gasteiger partial charge in [-0.2, -0.15) is 25.3 Å². The Morgan fingerprint density at radius 2 is 0.419 bits per heavy atom. The minimum absolute atomic E-state index is 1.06. The first-order valence-corrected chi connectivity index (χ1v) is 15.7. The fraction of sp³-hybridized carbons (Fsp3) is 1.00. The van der Waals surface area contributed by atoms with Crippen molar-refractivity contribution < 1.29 is 0 Å². The first-order chi connectivity index (χ1) is 15.2. The zero-order chi connectivity index (χ0) is 23.7. The van der Waals surface area contributed by atoms with Crippen molar-refractivity contribution in [1.82, 2.24) is 0 Å². The second kappa shape index (κ2) is 41.0. The SMILES string of the molecule is CCCCCC.CCCCCCCCCCCCCCCCS.CCCCCCCS. The van der Waals surface area contributed by atoms with Crippen LogP contribution < -0.4 is 0 Å². The fourth-order valence-electron chi connectivity index (χ4n) is 3.52. The van der Waals surface area contributed by atoms with E-state index in [1.165, 1.54) is 148 Å². The molecule has 0 saturated carbocycles. The summed E-state index contributed by atoms with van der Waals surface area (Å²) in [6, 6.07) is 0. The van der Waals surface area contributed by atoms with Gasteiger partial charge in [0, 0.05) is 0 Å². The average molecular weight is 477 g/mol. The van der Waals surface area contributed by atoms with Crippen molar-refractivity contribution in [1.29, 1.82) is 0 Å². The van der Waals surface area contributed by atoms with Crippen molar-refractivity contribution in [3.8, 4) is 0 Å². The Morgan fingerprint density at radius 3 is 0.613 bits per heavy atom. The zero-order valence-corrected chi connectivity index (χ0v) is 24.4. The van der Waals surface area contributed by atoms with Crippen molar-refractivity contribution in [3.05, 3.63) is 0 Å². The third-order valence-corrected chi connectivity index (χ3v) is 6.36. The number of unbranched alkanes of at least 4 members (excludes halogenated alkanes) is 20. The predicted molar refractivity (Wildman–Crippen MR) is 157 cm³/mol. The maximum Gasteiger partial charge on any atom is -0.00979 e. The highest BCUT2D eigenvalue weighted by atomic mass is 32.1. The summed E-state index contributed by atoms with van der Waals surface area (Å²) in [7, 11) is 0. The second-order valence-electron chi connectivity index (χ2n) is 9.16. The van der Waals surface area contributed by atoms with Crippen molar-refractivity contribution in [2.75, 3.05) is 11.5 Å². The first-order valence-electron chi connectivity index (χ1n) is 14.5. The molecule has 31 heavy (non-hydrogen) atoms. The Hall–Kier alpha value is 0.700. The Bertz CT molecular complexity index is 219. The molecule has 0 saturated heterocycles. The maximum absolute atomic E-state index is 4.23. The lowest BCUT2D eigenvalue weighted by Crippen LogP contribution is -1.83. The van der Waals surface area contributed by atoms with Crippen LogP contribution in [0.1, 0.15) is 175 Å². The van der Waals surface area contributed by atoms with Gasteiger partial charge in [-0.05, 0) is 24.3 Å². The zero-order valence-electron chi connectivity index (χ0n) is 22.6. The minimum atomic E-state index is 1.06. The quantitative estimate of drug-likeness (QED) is 0.113. The third kappa shape index (κ3) is 49.1. The molecule has 0 aromatic carbocycles. The molecule has 0 nitrogen and oxygen atoms in total. The molecule has 0 aliphatic heterocycles. The molecule has 0 fully saturated rings. The molecule has 0 bridgehead atoms. The van der Waals surface area contributed by atoms with Gasteiger partial charge in [-0.3, -0.25) is 0 Å². The molecule has 0 aliphatic rings. The number of thiol groups is 2. The summed E-state index contributed by atoms with van der Waals surface area (Å²) in [5.74, 6) is 2.13. The van der Waals surface area contributed by atoms with Crippen molar-refractivity contribution in [2.45, 2.75) is 175 Å². The van der Waals surface area contributed by atoms with Crippen LogP contribution >= 0.6 is 25.3 Å². The molecule has 0 aromatic heterocycles. The van der Waals surface area contributed by atoms with Crippen LogP contribution in [0.25, 0.3) is 0 Å². The molecule has 0 atom stereocenters. The smallest absolute Gasteiger partial charge is 0.00979 e. The van der Waals surface area contributed by atoms with E-state index in [0.717, 1.165) is 11.5 Å². The van der Waals surface area contributed by atoms with Gasteiger partial charge in [0.05, 0.1) is 0 Å². The van der Waals surface area contributed by atoms with Crippen molar-refractivity contribution in [2.24, 2.45) is 0 Å². The van der Waals surface area contributed by atoms with E-state index in [2.05, 4.69) is 53.0 Å². The predicted octanol–water partition coefficient (Wildman–Crippen LogP) is 11.9. The summed E-state index contributed by atoms with van der Waals surface area (Å²) in [6.07, 6.45) is 32.5. The lowest BCUT2D eigenvalue weighted by molar-refractivity contribution is 0.538. The van der Waals surface area contributed by atoms with Crippen LogP contribution in [0.2, 0.25) is 0 Å². The van der Waals surface area contributed by atoms with E-state index in [1.807, 2.05) is 0 Å². The lowest BCUT2D eigenvalue weighted by atomic mass is 10.0. The maximum atomic E-state index is 4.23. The van der Waals surface area contributed by atoms with Gasteiger partial charge < -0.3 is 0 Å². The molecule has 0 N–H and O–H groups in total. The summed E-state index contributed by atoms with van der Waals surface area (Å²) >= 11 is 8.36. The molecular formula is C29H64S2. The first kappa shape index (κ1) is 36.3. The van der Waals surface area contributed by atoms with E-state index in [9.17, 15) is 0 Å². The highest BCUT2D eigenvalue weighted by molar-refractivity contribution is 7.80. The molecule has 0 radical (unpaired) electrons. The van der Waals surface area contributed by atoms with E-state index in [0.29, 0.717) is 0 Å². The second-order valence-corrected chi connectivity index (χ2v) is 10.1. The normalized spacial score (nSPS) is 10.3. The van der Waals surface area contributed by atoms with Gasteiger partial charge in [0.25, 0.3) is 0 Å². The lowest BCUT2D eigenvalue weighted by Gasteiger charge is -2.02. The molecule has 0 spiro atoms. The average Bonchev–Trinajstić information content (AvgIpc) is 2.79. The highest BCUT2D eigenvalue weighted by Crippen LogP contribution is 2.12. The summed E-state index contributed by atoms with van der Waals surface area (Å²) in [5.41, 5.74) is 0. The number of rotatable bonds is 22. The van der Waals surface area contributed by atoms with Gasteiger partial charge in [-0.1, -0.05) is 163 Å². The topological polar surface area (TPSA) is 0 Å². The van der Waals surface area contributed by atoms with E-state index < -0.39 is 0 Å². The minimum Gasteiger partial charge on any atom is -0.179 e. The molecule has 0 rings (SSSR count). The van der Waals surface area contributed by atoms with Gasteiger partial charge in [0.2, 0.25) is 0 Å². The summed E-state index contributed by atoms with van der Waals surface area (Å²) in [4.78, 5) is 0. The van der Waals surface area contributed by atoms with Crippen LogP contribution in [-0.2, 0) is 0 Å². The molecule has 0 amide bonds. The van der Waals surface area contributed by atoms with E-state index >= 15 is 0 Å². The molecule has 0 aromatic rings. The Labute approximate surface area is 211 Å². The highest BCUT2D eigenvalue weighted by Gasteiger charge is 1.93. The van der Waals surface area contributed by atoms with E-state index in [1.54, 1.807) is 0 Å². The largest absolute Gasteiger partial charge is 0.179 e. The van der Waals surface area contributed by atoms with E-state index in [4.69, 9.17) is 0 Å². The van der Waals surface area contributed by atoms with Crippen molar-refractivity contribution >= 4 is 25.3 Å². The number of hydrogen-bond donors (Lipinski definition) is 2. The van der Waals surface area contributed by atoms with Crippen molar-refractivity contribution in [3.63, 3.8) is 0 Å². The molecule has 0 unspecified atom stereocenters. The van der Waals surface area contributed by atoms with Crippen LogP contribution in [0.5, 0.6) is 0 Å². The molecule has 0 aliphatic carbocycles. The molecule has 192 valence electrons. The monoisotopic (exact) mass is 476 g/mol. The standard InChI is InChI=1S/C16H34S.C7H16S.C6H14/c1-2-3-4-5-6-7-8-9-10-11-12-13-14-15-16-17;1-2-3-4-5-6-7-8;1-3-5-6-4-2/h17H,2-16H2,1H3;8H,2-7H2,1H3;3-6H2,1-2H3. The van der Waals surface area contributed by atoms with Gasteiger partial charge in [-0.15, -0.1) is 0 Å². The van der Waals surface area contributed by atoms with Crippen LogP contribution in [0.4, 0.5) is 0 Å². The van der Waals surface area contributed by atoms with Gasteiger partial charge in [0.15, 0.2) is 0 Å². The fourth-order valence-corrected chi connectivity index (χ4v) is 3.97. The van der Waals surface area contributed by atoms with Crippen LogP contribution in [0.15, 0.2) is 0 Å². The van der Waals surface area contributed by atoms with Crippen LogP contribution in [0.3, 0.4) is 0 Å². The van der Waals surface area contributed by atoms with Gasteiger partial charge >= 0.3 is 0 Å². The van der Waals surface area contributed by atoms with Gasteiger partial charge in [-0.25, -0.2) is 0 Å². The molecule has 2 heteroatoms. The summed E-state index contributed by atoms with van der Waals surface area (Å²) in [5, 5.41) is 0. The Kier molecular flexibility index (Phi) is 48.0. The third-order valence-electron chi connectivity index (χ3n) is 5.73. The Morgan fingerprint density at radius 1 is 0.258 bits per heavy atom.